The van der Waals surface area contributed by atoms with Crippen LogP contribution >= 0.6 is 0 Å². The van der Waals surface area contributed by atoms with E-state index in [2.05, 4.69) is 29.0 Å². The van der Waals surface area contributed by atoms with Crippen molar-refractivity contribution in [2.75, 3.05) is 26.7 Å². The molecule has 0 saturated heterocycles. The fraction of sp³-hybridized carbons (Fsp3) is 0.667. The topological polar surface area (TPSA) is 28.2 Å². The van der Waals surface area contributed by atoms with Crippen LogP contribution in [0, 0.1) is 5.82 Å². The zero-order valence-corrected chi connectivity index (χ0v) is 12.3. The minimum atomic E-state index is -0.280. The van der Waals surface area contributed by atoms with Gasteiger partial charge in [-0.2, -0.15) is 0 Å². The van der Waals surface area contributed by atoms with Gasteiger partial charge in [-0.25, -0.2) is 4.39 Å². The Kier molecular flexibility index (Phi) is 7.60. The normalized spacial score (nSPS) is 12.9. The Morgan fingerprint density at radius 1 is 1.21 bits per heavy atom. The summed E-state index contributed by atoms with van der Waals surface area (Å²) >= 11 is 0. The summed E-state index contributed by atoms with van der Waals surface area (Å²) in [5.74, 6) is -0.280. The Labute approximate surface area is 116 Å². The highest BCUT2D eigenvalue weighted by Gasteiger charge is 2.12. The standard InChI is InChI=1S/C15H26FN3/c1-4-9-19(10-5-2)11-8-14(17-3)15-7-6-13(16)12-18-15/h6-7,12,14,17H,4-5,8-11H2,1-3H3. The number of rotatable bonds is 9. The summed E-state index contributed by atoms with van der Waals surface area (Å²) in [5.41, 5.74) is 0.914. The first-order valence-corrected chi connectivity index (χ1v) is 7.22. The lowest BCUT2D eigenvalue weighted by molar-refractivity contribution is 0.258. The highest BCUT2D eigenvalue weighted by Crippen LogP contribution is 2.15. The van der Waals surface area contributed by atoms with Gasteiger partial charge in [0.25, 0.3) is 0 Å². The van der Waals surface area contributed by atoms with Gasteiger partial charge >= 0.3 is 0 Å². The summed E-state index contributed by atoms with van der Waals surface area (Å²) in [4.78, 5) is 6.64. The summed E-state index contributed by atoms with van der Waals surface area (Å²) in [6.45, 7) is 7.74. The third-order valence-corrected chi connectivity index (χ3v) is 3.27. The van der Waals surface area contributed by atoms with Gasteiger partial charge in [-0.15, -0.1) is 0 Å². The van der Waals surface area contributed by atoms with Gasteiger partial charge in [0.2, 0.25) is 0 Å². The number of aromatic nitrogens is 1. The van der Waals surface area contributed by atoms with Gasteiger partial charge in [0.05, 0.1) is 17.9 Å². The number of hydrogen-bond acceptors (Lipinski definition) is 3. The van der Waals surface area contributed by atoms with E-state index in [1.807, 2.05) is 7.05 Å². The number of nitrogens with one attached hydrogen (secondary N) is 1. The van der Waals surface area contributed by atoms with Crippen LogP contribution in [-0.2, 0) is 0 Å². The SMILES string of the molecule is CCCN(CCC)CCC(NC)c1ccc(F)cn1. The number of nitrogens with zero attached hydrogens (tertiary/aromatic N) is 2. The molecule has 0 aliphatic heterocycles. The Hall–Kier alpha value is -1.00. The minimum Gasteiger partial charge on any atom is -0.312 e. The van der Waals surface area contributed by atoms with E-state index in [0.29, 0.717) is 0 Å². The van der Waals surface area contributed by atoms with E-state index in [9.17, 15) is 4.39 Å². The molecule has 0 bridgehead atoms. The van der Waals surface area contributed by atoms with Crippen molar-refractivity contribution in [3.8, 4) is 0 Å². The van der Waals surface area contributed by atoms with Crippen LogP contribution in [0.25, 0.3) is 0 Å². The van der Waals surface area contributed by atoms with Gasteiger partial charge in [0, 0.05) is 0 Å². The summed E-state index contributed by atoms with van der Waals surface area (Å²) in [6.07, 6.45) is 4.64. The van der Waals surface area contributed by atoms with E-state index < -0.39 is 0 Å². The Morgan fingerprint density at radius 2 is 1.89 bits per heavy atom. The van der Waals surface area contributed by atoms with Gasteiger partial charge < -0.3 is 10.2 Å². The quantitative estimate of drug-likeness (QED) is 0.745. The Balaban J connectivity index is 2.53. The van der Waals surface area contributed by atoms with Gasteiger partial charge in [-0.3, -0.25) is 4.98 Å². The fourth-order valence-electron chi connectivity index (χ4n) is 2.31. The predicted octanol–water partition coefficient (Wildman–Crippen LogP) is 2.99. The molecule has 0 aliphatic rings. The van der Waals surface area contributed by atoms with Crippen LogP contribution in [0.15, 0.2) is 18.3 Å². The molecular formula is C15H26FN3. The maximum Gasteiger partial charge on any atom is 0.141 e. The van der Waals surface area contributed by atoms with Gasteiger partial charge in [-0.05, 0) is 58.1 Å². The van der Waals surface area contributed by atoms with E-state index >= 15 is 0 Å². The van der Waals surface area contributed by atoms with Crippen LogP contribution in [0.3, 0.4) is 0 Å². The van der Waals surface area contributed by atoms with Crippen molar-refractivity contribution in [3.63, 3.8) is 0 Å². The highest BCUT2D eigenvalue weighted by atomic mass is 19.1. The lowest BCUT2D eigenvalue weighted by Gasteiger charge is -2.24. The zero-order chi connectivity index (χ0) is 14.1. The molecule has 1 atom stereocenters. The molecule has 1 heterocycles. The second kappa shape index (κ2) is 8.99. The minimum absolute atomic E-state index is 0.191. The average Bonchev–Trinajstić information content (AvgIpc) is 2.41. The molecule has 3 nitrogen and oxygen atoms in total. The third-order valence-electron chi connectivity index (χ3n) is 3.27. The first-order chi connectivity index (χ1) is 9.21. The van der Waals surface area contributed by atoms with Crippen LogP contribution in [-0.4, -0.2) is 36.6 Å². The van der Waals surface area contributed by atoms with Crippen molar-refractivity contribution in [1.29, 1.82) is 0 Å². The molecule has 1 unspecified atom stereocenters. The molecule has 1 aromatic rings. The van der Waals surface area contributed by atoms with Crippen LogP contribution in [0.5, 0.6) is 0 Å². The summed E-state index contributed by atoms with van der Waals surface area (Å²) < 4.78 is 12.9. The summed E-state index contributed by atoms with van der Waals surface area (Å²) in [6, 6.07) is 3.43. The molecule has 0 radical (unpaired) electrons. The van der Waals surface area contributed by atoms with E-state index in [1.54, 1.807) is 6.07 Å². The van der Waals surface area contributed by atoms with Crippen molar-refractivity contribution in [3.05, 3.63) is 29.8 Å². The maximum absolute atomic E-state index is 12.9. The molecule has 0 aliphatic carbocycles. The lowest BCUT2D eigenvalue weighted by atomic mass is 10.1. The number of pyridine rings is 1. The highest BCUT2D eigenvalue weighted by molar-refractivity contribution is 5.09. The van der Waals surface area contributed by atoms with Crippen LogP contribution < -0.4 is 5.32 Å². The second-order valence-electron chi connectivity index (χ2n) is 4.87. The molecule has 0 fully saturated rings. The molecule has 0 saturated carbocycles. The molecule has 4 heteroatoms. The Bertz CT molecular complexity index is 334. The van der Waals surface area contributed by atoms with Gasteiger partial charge in [0.1, 0.15) is 5.82 Å². The molecular weight excluding hydrogens is 241 g/mol. The van der Waals surface area contributed by atoms with Crippen molar-refractivity contribution < 1.29 is 4.39 Å². The molecule has 0 spiro atoms. The number of hydrogen-bond donors (Lipinski definition) is 1. The molecule has 1 aromatic heterocycles. The lowest BCUT2D eigenvalue weighted by Crippen LogP contribution is -2.30. The third kappa shape index (κ3) is 5.66. The molecule has 1 rings (SSSR count). The van der Waals surface area contributed by atoms with Crippen molar-refractivity contribution in [2.24, 2.45) is 0 Å². The van der Waals surface area contributed by atoms with Crippen LogP contribution in [0.4, 0.5) is 4.39 Å². The first kappa shape index (κ1) is 16.1. The van der Waals surface area contributed by atoms with Crippen molar-refractivity contribution >= 4 is 0 Å². The van der Waals surface area contributed by atoms with Crippen molar-refractivity contribution in [2.45, 2.75) is 39.2 Å². The fourth-order valence-corrected chi connectivity index (χ4v) is 2.31. The van der Waals surface area contributed by atoms with E-state index in [-0.39, 0.29) is 11.9 Å². The van der Waals surface area contributed by atoms with Gasteiger partial charge in [0.15, 0.2) is 0 Å². The first-order valence-electron chi connectivity index (χ1n) is 7.22. The smallest absolute Gasteiger partial charge is 0.141 e. The number of halogens is 1. The molecule has 1 N–H and O–H groups in total. The Morgan fingerprint density at radius 3 is 2.37 bits per heavy atom. The molecule has 108 valence electrons. The molecule has 0 amide bonds. The second-order valence-corrected chi connectivity index (χ2v) is 4.87. The van der Waals surface area contributed by atoms with Crippen molar-refractivity contribution in [1.82, 2.24) is 15.2 Å². The summed E-state index contributed by atoms with van der Waals surface area (Å²) in [5, 5.41) is 3.27. The maximum atomic E-state index is 12.9. The van der Waals surface area contributed by atoms with E-state index in [4.69, 9.17) is 0 Å². The molecule has 0 aromatic carbocycles. The van der Waals surface area contributed by atoms with Gasteiger partial charge in [-0.1, -0.05) is 13.8 Å². The van der Waals surface area contributed by atoms with E-state index in [0.717, 1.165) is 31.7 Å². The summed E-state index contributed by atoms with van der Waals surface area (Å²) in [7, 11) is 1.93. The molecule has 19 heavy (non-hydrogen) atoms. The van der Waals surface area contributed by atoms with Crippen LogP contribution in [0.1, 0.15) is 44.8 Å². The average molecular weight is 267 g/mol. The largest absolute Gasteiger partial charge is 0.312 e. The predicted molar refractivity (Wildman–Crippen MR) is 77.6 cm³/mol. The van der Waals surface area contributed by atoms with E-state index in [1.165, 1.54) is 25.1 Å². The van der Waals surface area contributed by atoms with Crippen LogP contribution in [0.2, 0.25) is 0 Å². The zero-order valence-electron chi connectivity index (χ0n) is 12.3. The monoisotopic (exact) mass is 267 g/mol.